The lowest BCUT2D eigenvalue weighted by Gasteiger charge is -2.28. The van der Waals surface area contributed by atoms with Crippen LogP contribution in [0, 0.1) is 0 Å². The number of rotatable bonds is 1. The van der Waals surface area contributed by atoms with Crippen molar-refractivity contribution in [2.45, 2.75) is 25.9 Å². The molecule has 2 aliphatic rings. The van der Waals surface area contributed by atoms with Gasteiger partial charge in [-0.1, -0.05) is 48.5 Å². The molecule has 1 unspecified atom stereocenters. The first kappa shape index (κ1) is 11.7. The highest BCUT2D eigenvalue weighted by molar-refractivity contribution is 5.91. The van der Waals surface area contributed by atoms with Crippen LogP contribution in [0.5, 0.6) is 0 Å². The van der Waals surface area contributed by atoms with Crippen molar-refractivity contribution < 1.29 is 0 Å². The Morgan fingerprint density at radius 2 is 1.55 bits per heavy atom. The van der Waals surface area contributed by atoms with Gasteiger partial charge >= 0.3 is 0 Å². The molecule has 2 nitrogen and oxygen atoms in total. The zero-order valence-corrected chi connectivity index (χ0v) is 11.8. The summed E-state index contributed by atoms with van der Waals surface area (Å²) < 4.78 is 0. The Morgan fingerprint density at radius 1 is 0.900 bits per heavy atom. The van der Waals surface area contributed by atoms with Gasteiger partial charge in [-0.25, -0.2) is 5.43 Å². The maximum absolute atomic E-state index is 3.63. The molecule has 1 aliphatic carbocycles. The second-order valence-electron chi connectivity index (χ2n) is 5.78. The molecule has 1 atom stereocenters. The third kappa shape index (κ3) is 1.55. The molecule has 2 aromatic carbocycles. The van der Waals surface area contributed by atoms with Crippen LogP contribution >= 0.6 is 0 Å². The van der Waals surface area contributed by atoms with E-state index in [1.807, 2.05) is 0 Å². The van der Waals surface area contributed by atoms with Crippen LogP contribution in [0.15, 0.2) is 54.7 Å². The molecule has 0 fully saturated rings. The predicted molar refractivity (Wildman–Crippen MR) is 82.7 cm³/mol. The first-order valence-electron chi connectivity index (χ1n) is 7.20. The molecule has 0 bridgehead atoms. The minimum atomic E-state index is 0.281. The van der Waals surface area contributed by atoms with E-state index in [4.69, 9.17) is 0 Å². The summed E-state index contributed by atoms with van der Waals surface area (Å²) in [6.45, 7) is 4.42. The minimum Gasteiger partial charge on any atom is -0.312 e. The highest BCUT2D eigenvalue weighted by Gasteiger charge is 2.34. The van der Waals surface area contributed by atoms with E-state index in [2.05, 4.69) is 79.0 Å². The molecule has 2 aromatic rings. The molecule has 1 aliphatic heterocycles. The van der Waals surface area contributed by atoms with Gasteiger partial charge in [0.2, 0.25) is 0 Å². The summed E-state index contributed by atoms with van der Waals surface area (Å²) in [7, 11) is 0. The van der Waals surface area contributed by atoms with E-state index < -0.39 is 0 Å². The Kier molecular flexibility index (Phi) is 2.48. The van der Waals surface area contributed by atoms with Gasteiger partial charge in [-0.05, 0) is 36.1 Å². The van der Waals surface area contributed by atoms with Crippen LogP contribution < -0.4 is 5.43 Å². The largest absolute Gasteiger partial charge is 0.312 e. The molecule has 1 N–H and O–H groups in total. The zero-order valence-electron chi connectivity index (χ0n) is 11.8. The lowest BCUT2D eigenvalue weighted by molar-refractivity contribution is 0.226. The Hall–Kier alpha value is -2.06. The molecule has 0 amide bonds. The number of fused-ring (bicyclic) bond motifs is 6. The van der Waals surface area contributed by atoms with Gasteiger partial charge in [0.25, 0.3) is 0 Å². The van der Waals surface area contributed by atoms with Crippen molar-refractivity contribution in [3.63, 3.8) is 0 Å². The van der Waals surface area contributed by atoms with E-state index in [0.717, 1.165) is 0 Å². The van der Waals surface area contributed by atoms with Crippen LogP contribution in [-0.4, -0.2) is 11.1 Å². The highest BCUT2D eigenvalue weighted by atomic mass is 15.5. The van der Waals surface area contributed by atoms with Gasteiger partial charge in [0.15, 0.2) is 0 Å². The fraction of sp³-hybridized carbons (Fsp3) is 0.222. The average molecular weight is 262 g/mol. The highest BCUT2D eigenvalue weighted by Crippen LogP contribution is 2.47. The molecule has 0 radical (unpaired) electrons. The maximum Gasteiger partial charge on any atom is 0.0788 e. The fourth-order valence-corrected chi connectivity index (χ4v) is 3.20. The van der Waals surface area contributed by atoms with Gasteiger partial charge in [-0.3, -0.25) is 0 Å². The van der Waals surface area contributed by atoms with Gasteiger partial charge < -0.3 is 5.01 Å². The maximum atomic E-state index is 3.63. The molecule has 20 heavy (non-hydrogen) atoms. The van der Waals surface area contributed by atoms with Gasteiger partial charge in [-0.15, -0.1) is 0 Å². The van der Waals surface area contributed by atoms with Crippen LogP contribution in [-0.2, 0) is 0 Å². The van der Waals surface area contributed by atoms with Gasteiger partial charge in [0.05, 0.1) is 6.04 Å². The van der Waals surface area contributed by atoms with Crippen molar-refractivity contribution in [2.75, 3.05) is 0 Å². The molecule has 0 saturated carbocycles. The van der Waals surface area contributed by atoms with Crippen LogP contribution in [0.4, 0.5) is 0 Å². The molecule has 0 aromatic heterocycles. The van der Waals surface area contributed by atoms with Crippen molar-refractivity contribution >= 4 is 5.57 Å². The summed E-state index contributed by atoms with van der Waals surface area (Å²) >= 11 is 0. The Labute approximate surface area is 119 Å². The summed E-state index contributed by atoms with van der Waals surface area (Å²) in [5.41, 5.74) is 10.4. The lowest BCUT2D eigenvalue weighted by atomic mass is 9.80. The van der Waals surface area contributed by atoms with Crippen LogP contribution in [0.3, 0.4) is 0 Å². The van der Waals surface area contributed by atoms with Crippen molar-refractivity contribution in [3.8, 4) is 11.1 Å². The van der Waals surface area contributed by atoms with Crippen molar-refractivity contribution in [1.29, 1.82) is 0 Å². The third-order valence-corrected chi connectivity index (χ3v) is 4.22. The smallest absolute Gasteiger partial charge is 0.0788 e. The first-order chi connectivity index (χ1) is 9.75. The summed E-state index contributed by atoms with van der Waals surface area (Å²) in [5, 5.41) is 2.22. The molecule has 4 rings (SSSR count). The Bertz CT molecular complexity index is 700. The van der Waals surface area contributed by atoms with Crippen molar-refractivity contribution in [1.82, 2.24) is 10.4 Å². The van der Waals surface area contributed by atoms with E-state index in [1.54, 1.807) is 0 Å². The van der Waals surface area contributed by atoms with E-state index in [1.165, 1.54) is 27.8 Å². The van der Waals surface area contributed by atoms with Crippen LogP contribution in [0.25, 0.3) is 16.7 Å². The Balaban J connectivity index is 1.96. The van der Waals surface area contributed by atoms with Gasteiger partial charge in [-0.2, -0.15) is 0 Å². The normalized spacial score (nSPS) is 19.4. The standard InChI is InChI=1S/C18H18N2/c1-12(2)20-11-17-15-9-4-3-7-13(15)14-8-5-6-10-16(14)18(17)19-20/h3-12,18-19H,1-2H3. The van der Waals surface area contributed by atoms with Crippen LogP contribution in [0.2, 0.25) is 0 Å². The predicted octanol–water partition coefficient (Wildman–Crippen LogP) is 3.98. The zero-order chi connectivity index (χ0) is 13.7. The molecule has 100 valence electrons. The third-order valence-electron chi connectivity index (χ3n) is 4.22. The number of nitrogens with one attached hydrogen (secondary N) is 1. The quantitative estimate of drug-likeness (QED) is 0.836. The first-order valence-corrected chi connectivity index (χ1v) is 7.20. The van der Waals surface area contributed by atoms with Crippen LogP contribution in [0.1, 0.15) is 31.0 Å². The molecular formula is C18H18N2. The number of hydrogen-bond donors (Lipinski definition) is 1. The molecule has 0 spiro atoms. The number of hydrogen-bond acceptors (Lipinski definition) is 2. The minimum absolute atomic E-state index is 0.281. The SMILES string of the molecule is CC(C)N1C=C2c3ccccc3-c3ccccc3C2N1. The fourth-order valence-electron chi connectivity index (χ4n) is 3.20. The Morgan fingerprint density at radius 3 is 2.30 bits per heavy atom. The number of benzene rings is 2. The van der Waals surface area contributed by atoms with E-state index in [0.29, 0.717) is 6.04 Å². The second-order valence-corrected chi connectivity index (χ2v) is 5.78. The number of hydrazine groups is 1. The lowest BCUT2D eigenvalue weighted by Crippen LogP contribution is -2.36. The molecule has 0 saturated heterocycles. The van der Waals surface area contributed by atoms with Gasteiger partial charge in [0.1, 0.15) is 0 Å². The number of nitrogens with zero attached hydrogens (tertiary/aromatic N) is 1. The summed E-state index contributed by atoms with van der Waals surface area (Å²) in [6, 6.07) is 18.2. The summed E-state index contributed by atoms with van der Waals surface area (Å²) in [5.74, 6) is 0. The van der Waals surface area contributed by atoms with Gasteiger partial charge in [0, 0.05) is 17.8 Å². The van der Waals surface area contributed by atoms with Crippen molar-refractivity contribution in [3.05, 3.63) is 65.9 Å². The molecule has 1 heterocycles. The molecular weight excluding hydrogens is 244 g/mol. The van der Waals surface area contributed by atoms with E-state index in [-0.39, 0.29) is 6.04 Å². The topological polar surface area (TPSA) is 15.3 Å². The van der Waals surface area contributed by atoms with E-state index >= 15 is 0 Å². The second kappa shape index (κ2) is 4.22. The van der Waals surface area contributed by atoms with Crippen molar-refractivity contribution in [2.24, 2.45) is 0 Å². The summed E-state index contributed by atoms with van der Waals surface area (Å²) in [4.78, 5) is 0. The molecule has 2 heteroatoms. The average Bonchev–Trinajstić information content (AvgIpc) is 2.93. The summed E-state index contributed by atoms with van der Waals surface area (Å²) in [6.07, 6.45) is 2.27. The monoisotopic (exact) mass is 262 g/mol. The van der Waals surface area contributed by atoms with E-state index in [9.17, 15) is 0 Å².